The fraction of sp³-hybridized carbons (Fsp3) is 0.462. The van der Waals surface area contributed by atoms with Crippen LogP contribution in [0.15, 0.2) is 12.1 Å². The Morgan fingerprint density at radius 3 is 2.79 bits per heavy atom. The summed E-state index contributed by atoms with van der Waals surface area (Å²) in [6.07, 6.45) is -0.132. The molecule has 104 valence electrons. The second kappa shape index (κ2) is 5.84. The van der Waals surface area contributed by atoms with E-state index in [1.54, 1.807) is 4.57 Å². The molecule has 1 aromatic heterocycles. The van der Waals surface area contributed by atoms with Crippen LogP contribution in [0.5, 0.6) is 0 Å². The van der Waals surface area contributed by atoms with Gasteiger partial charge in [0.1, 0.15) is 11.3 Å². The first kappa shape index (κ1) is 14.2. The highest BCUT2D eigenvalue weighted by Crippen LogP contribution is 2.23. The van der Waals surface area contributed by atoms with Crippen molar-refractivity contribution in [2.75, 3.05) is 6.61 Å². The van der Waals surface area contributed by atoms with E-state index in [-0.39, 0.29) is 17.5 Å². The molecular formula is C13H15ClF2N2O. The summed E-state index contributed by atoms with van der Waals surface area (Å²) in [5.74, 6) is -1.15. The van der Waals surface area contributed by atoms with Gasteiger partial charge in [0, 0.05) is 6.61 Å². The Labute approximate surface area is 115 Å². The molecule has 1 atom stereocenters. The summed E-state index contributed by atoms with van der Waals surface area (Å²) in [7, 11) is 0. The van der Waals surface area contributed by atoms with E-state index in [9.17, 15) is 8.78 Å². The molecule has 1 unspecified atom stereocenters. The van der Waals surface area contributed by atoms with Gasteiger partial charge in [0.05, 0.1) is 24.0 Å². The molecule has 0 aliphatic rings. The molecule has 0 bridgehead atoms. The van der Waals surface area contributed by atoms with Gasteiger partial charge in [0.15, 0.2) is 11.6 Å². The fourth-order valence-corrected chi connectivity index (χ4v) is 2.30. The van der Waals surface area contributed by atoms with Crippen molar-refractivity contribution in [1.82, 2.24) is 9.55 Å². The molecule has 0 saturated carbocycles. The first-order valence-corrected chi connectivity index (χ1v) is 6.62. The van der Waals surface area contributed by atoms with Gasteiger partial charge in [-0.25, -0.2) is 13.8 Å². The predicted octanol–water partition coefficient (Wildman–Crippen LogP) is 3.48. The van der Waals surface area contributed by atoms with E-state index in [0.29, 0.717) is 24.5 Å². The number of nitrogens with zero attached hydrogens (tertiary/aromatic N) is 2. The summed E-state index contributed by atoms with van der Waals surface area (Å²) in [4.78, 5) is 4.22. The van der Waals surface area contributed by atoms with E-state index in [0.717, 1.165) is 6.07 Å². The van der Waals surface area contributed by atoms with Crippen LogP contribution in [0.4, 0.5) is 8.78 Å². The van der Waals surface area contributed by atoms with Crippen molar-refractivity contribution in [1.29, 1.82) is 0 Å². The Bertz CT molecular complexity index is 586. The number of rotatable bonds is 5. The number of aromatic nitrogens is 2. The number of benzene rings is 1. The summed E-state index contributed by atoms with van der Waals surface area (Å²) < 4.78 is 34.3. The Morgan fingerprint density at radius 1 is 1.42 bits per heavy atom. The zero-order valence-corrected chi connectivity index (χ0v) is 11.5. The van der Waals surface area contributed by atoms with E-state index < -0.39 is 11.6 Å². The summed E-state index contributed by atoms with van der Waals surface area (Å²) in [6, 6.07) is 2.52. The molecule has 0 aliphatic heterocycles. The molecule has 1 aromatic carbocycles. The summed E-state index contributed by atoms with van der Waals surface area (Å²) >= 11 is 5.82. The summed E-state index contributed by atoms with van der Waals surface area (Å²) in [5, 5.41) is 0. The number of hydrogen-bond acceptors (Lipinski definition) is 2. The van der Waals surface area contributed by atoms with Crippen LogP contribution in [0.1, 0.15) is 19.7 Å². The van der Waals surface area contributed by atoms with Crippen molar-refractivity contribution in [3.8, 4) is 0 Å². The van der Waals surface area contributed by atoms with E-state index in [1.807, 2.05) is 13.8 Å². The lowest BCUT2D eigenvalue weighted by Gasteiger charge is -2.15. The molecule has 0 spiro atoms. The predicted molar refractivity (Wildman–Crippen MR) is 70.3 cm³/mol. The van der Waals surface area contributed by atoms with Crippen LogP contribution in [0, 0.1) is 11.6 Å². The normalized spacial score (nSPS) is 13.1. The SMILES string of the molecule is CCOC(C)Cn1c(CCl)nc2ccc(F)c(F)c21. The first-order chi connectivity index (χ1) is 9.08. The van der Waals surface area contributed by atoms with Crippen LogP contribution in [0.2, 0.25) is 0 Å². The van der Waals surface area contributed by atoms with Crippen LogP contribution < -0.4 is 0 Å². The number of ether oxygens (including phenoxy) is 1. The standard InChI is InChI=1S/C13H15ClF2N2O/c1-3-19-8(2)7-18-11(6-14)17-10-5-4-9(15)12(16)13(10)18/h4-5,8H,3,6-7H2,1-2H3. The molecule has 1 heterocycles. The molecule has 2 rings (SSSR count). The molecular weight excluding hydrogens is 274 g/mol. The maximum atomic E-state index is 13.9. The van der Waals surface area contributed by atoms with Crippen LogP contribution in [0.3, 0.4) is 0 Å². The lowest BCUT2D eigenvalue weighted by Crippen LogP contribution is -2.18. The second-order valence-corrected chi connectivity index (χ2v) is 4.53. The lowest BCUT2D eigenvalue weighted by molar-refractivity contribution is 0.0642. The third-order valence-corrected chi connectivity index (χ3v) is 3.13. The molecule has 0 N–H and O–H groups in total. The van der Waals surface area contributed by atoms with Gasteiger partial charge in [-0.15, -0.1) is 11.6 Å². The van der Waals surface area contributed by atoms with E-state index >= 15 is 0 Å². The maximum absolute atomic E-state index is 13.9. The quantitative estimate of drug-likeness (QED) is 0.788. The zero-order chi connectivity index (χ0) is 14.0. The smallest absolute Gasteiger partial charge is 0.184 e. The molecule has 0 saturated heterocycles. The van der Waals surface area contributed by atoms with Crippen LogP contribution >= 0.6 is 11.6 Å². The van der Waals surface area contributed by atoms with Gasteiger partial charge in [-0.2, -0.15) is 0 Å². The van der Waals surface area contributed by atoms with Gasteiger partial charge in [-0.3, -0.25) is 0 Å². The van der Waals surface area contributed by atoms with Gasteiger partial charge < -0.3 is 9.30 Å². The highest BCUT2D eigenvalue weighted by Gasteiger charge is 2.18. The van der Waals surface area contributed by atoms with Crippen molar-refractivity contribution < 1.29 is 13.5 Å². The van der Waals surface area contributed by atoms with Gasteiger partial charge >= 0.3 is 0 Å². The molecule has 0 aliphatic carbocycles. The van der Waals surface area contributed by atoms with E-state index in [1.165, 1.54) is 6.07 Å². The maximum Gasteiger partial charge on any atom is 0.184 e. The van der Waals surface area contributed by atoms with Crippen molar-refractivity contribution in [3.05, 3.63) is 29.6 Å². The van der Waals surface area contributed by atoms with Crippen molar-refractivity contribution in [2.45, 2.75) is 32.4 Å². The van der Waals surface area contributed by atoms with Crippen LogP contribution in [-0.2, 0) is 17.2 Å². The van der Waals surface area contributed by atoms with Gasteiger partial charge in [-0.1, -0.05) is 0 Å². The minimum Gasteiger partial charge on any atom is -0.377 e. The van der Waals surface area contributed by atoms with Crippen molar-refractivity contribution >= 4 is 22.6 Å². The number of alkyl halides is 1. The molecule has 3 nitrogen and oxygen atoms in total. The zero-order valence-electron chi connectivity index (χ0n) is 10.8. The topological polar surface area (TPSA) is 27.1 Å². The average molecular weight is 289 g/mol. The third kappa shape index (κ3) is 2.72. The Morgan fingerprint density at radius 2 is 2.16 bits per heavy atom. The minimum absolute atomic E-state index is 0.132. The number of fused-ring (bicyclic) bond motifs is 1. The Hall–Kier alpha value is -1.20. The van der Waals surface area contributed by atoms with E-state index in [2.05, 4.69) is 4.98 Å². The fourth-order valence-electron chi connectivity index (χ4n) is 2.10. The van der Waals surface area contributed by atoms with Crippen LogP contribution in [-0.4, -0.2) is 22.3 Å². The number of hydrogen-bond donors (Lipinski definition) is 0. The highest BCUT2D eigenvalue weighted by molar-refractivity contribution is 6.16. The van der Waals surface area contributed by atoms with E-state index in [4.69, 9.17) is 16.3 Å². The summed E-state index contributed by atoms with van der Waals surface area (Å²) in [5.41, 5.74) is 0.542. The molecule has 0 radical (unpaired) electrons. The first-order valence-electron chi connectivity index (χ1n) is 6.09. The monoisotopic (exact) mass is 288 g/mol. The lowest BCUT2D eigenvalue weighted by atomic mass is 10.3. The Balaban J connectivity index is 2.52. The summed E-state index contributed by atoms with van der Waals surface area (Å²) in [6.45, 7) is 4.68. The average Bonchev–Trinajstić information content (AvgIpc) is 2.73. The molecule has 19 heavy (non-hydrogen) atoms. The Kier molecular flexibility index (Phi) is 4.37. The van der Waals surface area contributed by atoms with Crippen molar-refractivity contribution in [2.24, 2.45) is 0 Å². The van der Waals surface area contributed by atoms with Gasteiger partial charge in [0.25, 0.3) is 0 Å². The number of halogens is 3. The second-order valence-electron chi connectivity index (χ2n) is 4.27. The minimum atomic E-state index is -0.898. The highest BCUT2D eigenvalue weighted by atomic mass is 35.5. The largest absolute Gasteiger partial charge is 0.377 e. The molecule has 0 fully saturated rings. The van der Waals surface area contributed by atoms with Crippen molar-refractivity contribution in [3.63, 3.8) is 0 Å². The van der Waals surface area contributed by atoms with Gasteiger partial charge in [0.2, 0.25) is 0 Å². The molecule has 0 amide bonds. The number of imidazole rings is 1. The molecule has 2 aromatic rings. The third-order valence-electron chi connectivity index (χ3n) is 2.89. The van der Waals surface area contributed by atoms with Gasteiger partial charge in [-0.05, 0) is 26.0 Å². The van der Waals surface area contributed by atoms with Crippen LogP contribution in [0.25, 0.3) is 11.0 Å². The molecule has 6 heteroatoms.